The predicted molar refractivity (Wildman–Crippen MR) is 78.7 cm³/mol. The first-order chi connectivity index (χ1) is 9.22. The Hall–Kier alpha value is -1.68. The number of nitrogen functional groups attached to an aromatic ring is 1. The number of hydrogen-bond acceptors (Lipinski definition) is 4. The smallest absolute Gasteiger partial charge is 0.123 e. The molecule has 19 heavy (non-hydrogen) atoms. The van der Waals surface area contributed by atoms with Crippen LogP contribution < -0.4 is 10.5 Å². The summed E-state index contributed by atoms with van der Waals surface area (Å²) in [6.07, 6.45) is 4.67. The van der Waals surface area contributed by atoms with Gasteiger partial charge in [-0.1, -0.05) is 17.7 Å². The Morgan fingerprint density at radius 1 is 1.42 bits per heavy atom. The summed E-state index contributed by atoms with van der Waals surface area (Å²) >= 11 is 1.73. The fourth-order valence-electron chi connectivity index (χ4n) is 2.25. The van der Waals surface area contributed by atoms with E-state index in [1.165, 1.54) is 11.1 Å². The molecule has 3 rings (SSSR count). The van der Waals surface area contributed by atoms with Crippen molar-refractivity contribution in [2.24, 2.45) is 0 Å². The van der Waals surface area contributed by atoms with E-state index in [0.717, 1.165) is 28.5 Å². The predicted octanol–water partition coefficient (Wildman–Crippen LogP) is 3.07. The van der Waals surface area contributed by atoms with Crippen molar-refractivity contribution in [3.05, 3.63) is 47.8 Å². The Morgan fingerprint density at radius 2 is 2.32 bits per heavy atom. The van der Waals surface area contributed by atoms with Gasteiger partial charge in [0.05, 0.1) is 11.9 Å². The highest BCUT2D eigenvalue weighted by Crippen LogP contribution is 2.33. The van der Waals surface area contributed by atoms with Gasteiger partial charge >= 0.3 is 0 Å². The second-order valence-corrected chi connectivity index (χ2v) is 5.84. The first-order valence-corrected chi connectivity index (χ1v) is 7.29. The van der Waals surface area contributed by atoms with Gasteiger partial charge in [0.1, 0.15) is 11.9 Å². The van der Waals surface area contributed by atoms with Crippen molar-refractivity contribution in [3.63, 3.8) is 0 Å². The van der Waals surface area contributed by atoms with Crippen LogP contribution in [0, 0.1) is 6.92 Å². The van der Waals surface area contributed by atoms with Gasteiger partial charge in [-0.3, -0.25) is 4.98 Å². The molecule has 1 aromatic heterocycles. The van der Waals surface area contributed by atoms with Crippen LogP contribution in [0.4, 0.5) is 5.69 Å². The average Bonchev–Trinajstić information content (AvgIpc) is 2.79. The van der Waals surface area contributed by atoms with Crippen LogP contribution in [-0.2, 0) is 6.42 Å². The van der Waals surface area contributed by atoms with Gasteiger partial charge in [0.15, 0.2) is 0 Å². The lowest BCUT2D eigenvalue weighted by molar-refractivity contribution is 0.259. The van der Waals surface area contributed by atoms with Crippen LogP contribution in [0.1, 0.15) is 11.1 Å². The number of fused-ring (bicyclic) bond motifs is 1. The Kier molecular flexibility index (Phi) is 3.34. The summed E-state index contributed by atoms with van der Waals surface area (Å²) < 4.78 is 5.95. The van der Waals surface area contributed by atoms with Gasteiger partial charge in [0, 0.05) is 23.3 Å². The molecule has 0 radical (unpaired) electrons. The minimum absolute atomic E-state index is 0.231. The zero-order valence-electron chi connectivity index (χ0n) is 10.8. The number of anilines is 1. The lowest BCUT2D eigenvalue weighted by Gasteiger charge is -2.10. The lowest BCUT2D eigenvalue weighted by atomic mass is 10.1. The maximum absolute atomic E-state index is 5.95. The number of nitrogens with zero attached hydrogens (tertiary/aromatic N) is 1. The molecule has 2 N–H and O–H groups in total. The molecule has 0 saturated carbocycles. The molecule has 1 aromatic carbocycles. The van der Waals surface area contributed by atoms with Crippen LogP contribution in [-0.4, -0.2) is 16.8 Å². The number of hydrogen-bond donors (Lipinski definition) is 1. The largest absolute Gasteiger partial charge is 0.489 e. The van der Waals surface area contributed by atoms with Crippen molar-refractivity contribution in [2.45, 2.75) is 24.3 Å². The molecule has 2 heterocycles. The van der Waals surface area contributed by atoms with Gasteiger partial charge < -0.3 is 10.5 Å². The van der Waals surface area contributed by atoms with E-state index in [1.54, 1.807) is 24.2 Å². The fraction of sp³-hybridized carbons (Fsp3) is 0.267. The molecule has 0 spiro atoms. The molecule has 0 saturated heterocycles. The first-order valence-electron chi connectivity index (χ1n) is 6.31. The van der Waals surface area contributed by atoms with E-state index < -0.39 is 0 Å². The molecule has 2 aromatic rings. The van der Waals surface area contributed by atoms with Gasteiger partial charge in [0.25, 0.3) is 0 Å². The fourth-order valence-corrected chi connectivity index (χ4v) is 3.18. The molecule has 0 aliphatic carbocycles. The van der Waals surface area contributed by atoms with Crippen LogP contribution in [0.2, 0.25) is 0 Å². The van der Waals surface area contributed by atoms with Crippen molar-refractivity contribution < 1.29 is 4.74 Å². The molecule has 3 nitrogen and oxygen atoms in total. The molecule has 0 amide bonds. The summed E-state index contributed by atoms with van der Waals surface area (Å²) in [5.74, 6) is 1.93. The minimum atomic E-state index is 0.231. The molecule has 1 atom stereocenters. The number of ether oxygens (including phenoxy) is 1. The number of aryl methyl sites for hydroxylation is 1. The van der Waals surface area contributed by atoms with E-state index in [4.69, 9.17) is 10.5 Å². The van der Waals surface area contributed by atoms with E-state index in [1.807, 2.05) is 6.07 Å². The number of aromatic nitrogens is 1. The number of pyridine rings is 1. The summed E-state index contributed by atoms with van der Waals surface area (Å²) in [5.41, 5.74) is 9.22. The normalized spacial score (nSPS) is 17.0. The number of thioether (sulfide) groups is 1. The zero-order chi connectivity index (χ0) is 13.2. The van der Waals surface area contributed by atoms with Gasteiger partial charge in [0.2, 0.25) is 0 Å². The van der Waals surface area contributed by atoms with Crippen molar-refractivity contribution in [1.29, 1.82) is 0 Å². The highest BCUT2D eigenvalue weighted by Gasteiger charge is 2.22. The van der Waals surface area contributed by atoms with Gasteiger partial charge in [-0.25, -0.2) is 0 Å². The molecule has 98 valence electrons. The Morgan fingerprint density at radius 3 is 3.16 bits per heavy atom. The molecule has 1 aliphatic heterocycles. The van der Waals surface area contributed by atoms with Crippen LogP contribution in [0.25, 0.3) is 0 Å². The van der Waals surface area contributed by atoms with Crippen molar-refractivity contribution in [2.75, 3.05) is 11.5 Å². The number of nitrogens with two attached hydrogens (primary N) is 1. The highest BCUT2D eigenvalue weighted by molar-refractivity contribution is 7.99. The Bertz CT molecular complexity index is 600. The monoisotopic (exact) mass is 272 g/mol. The standard InChI is InChI=1S/C15H16N2OS/c1-10-2-3-14-11(6-10)7-12(18-14)9-19-15-4-5-17-8-13(15)16/h2-6,8,12H,7,9,16H2,1H3. The number of rotatable bonds is 3. The molecule has 0 bridgehead atoms. The third-order valence-electron chi connectivity index (χ3n) is 3.19. The summed E-state index contributed by atoms with van der Waals surface area (Å²) in [5, 5.41) is 0. The van der Waals surface area contributed by atoms with E-state index in [9.17, 15) is 0 Å². The lowest BCUT2D eigenvalue weighted by Crippen LogP contribution is -2.15. The van der Waals surface area contributed by atoms with Crippen LogP contribution in [0.5, 0.6) is 5.75 Å². The van der Waals surface area contributed by atoms with E-state index in [-0.39, 0.29) is 6.10 Å². The third kappa shape index (κ3) is 2.68. The SMILES string of the molecule is Cc1ccc2c(c1)CC(CSc1ccncc1N)O2. The molecule has 0 fully saturated rings. The maximum Gasteiger partial charge on any atom is 0.123 e. The summed E-state index contributed by atoms with van der Waals surface area (Å²) in [7, 11) is 0. The maximum atomic E-state index is 5.95. The molecular weight excluding hydrogens is 256 g/mol. The van der Waals surface area contributed by atoms with E-state index >= 15 is 0 Å². The van der Waals surface area contributed by atoms with Crippen LogP contribution >= 0.6 is 11.8 Å². The second kappa shape index (κ2) is 5.13. The average molecular weight is 272 g/mol. The minimum Gasteiger partial charge on any atom is -0.489 e. The molecule has 1 aliphatic rings. The van der Waals surface area contributed by atoms with Gasteiger partial charge in [-0.05, 0) is 24.6 Å². The molecule has 1 unspecified atom stereocenters. The van der Waals surface area contributed by atoms with Gasteiger partial charge in [-0.15, -0.1) is 11.8 Å². The second-order valence-electron chi connectivity index (χ2n) is 4.78. The summed E-state index contributed by atoms with van der Waals surface area (Å²) in [6.45, 7) is 2.11. The quantitative estimate of drug-likeness (QED) is 0.872. The van der Waals surface area contributed by atoms with Crippen LogP contribution in [0.3, 0.4) is 0 Å². The first kappa shape index (κ1) is 12.4. The summed E-state index contributed by atoms with van der Waals surface area (Å²) in [6, 6.07) is 8.32. The zero-order valence-corrected chi connectivity index (χ0v) is 11.6. The van der Waals surface area contributed by atoms with E-state index in [2.05, 4.69) is 30.1 Å². The molecular formula is C15H16N2OS. The van der Waals surface area contributed by atoms with Crippen molar-refractivity contribution in [3.8, 4) is 5.75 Å². The van der Waals surface area contributed by atoms with E-state index in [0.29, 0.717) is 0 Å². The third-order valence-corrected chi connectivity index (χ3v) is 4.41. The van der Waals surface area contributed by atoms with Gasteiger partial charge in [-0.2, -0.15) is 0 Å². The Labute approximate surface area is 117 Å². The number of benzene rings is 1. The van der Waals surface area contributed by atoms with Crippen molar-refractivity contribution in [1.82, 2.24) is 4.98 Å². The highest BCUT2D eigenvalue weighted by atomic mass is 32.2. The summed E-state index contributed by atoms with van der Waals surface area (Å²) in [4.78, 5) is 5.07. The Balaban J connectivity index is 1.63. The van der Waals surface area contributed by atoms with Crippen molar-refractivity contribution >= 4 is 17.4 Å². The molecule has 4 heteroatoms. The topological polar surface area (TPSA) is 48.1 Å². The van der Waals surface area contributed by atoms with Crippen LogP contribution in [0.15, 0.2) is 41.6 Å².